The summed E-state index contributed by atoms with van der Waals surface area (Å²) in [5.74, 6) is 0.687. The molecule has 2 atom stereocenters. The van der Waals surface area contributed by atoms with E-state index < -0.39 is 7.82 Å². The average molecular weight is 466 g/mol. The van der Waals surface area contributed by atoms with Crippen LogP contribution in [0.25, 0.3) is 0 Å². The van der Waals surface area contributed by atoms with E-state index in [1.54, 1.807) is 0 Å². The number of hydrogen-bond donors (Lipinski definition) is 1. The molecule has 28 heavy (non-hydrogen) atoms. The average Bonchev–Trinajstić information content (AvgIpc) is 2.69. The van der Waals surface area contributed by atoms with E-state index in [1.165, 1.54) is 25.7 Å². The molecule has 0 saturated heterocycles. The van der Waals surface area contributed by atoms with E-state index in [2.05, 4.69) is 50.1 Å². The SMILES string of the molecule is CCCCC(CC)COP(=O)(O)OCC(CC)CCCC.CCCCC[CH2][Ni]. The third-order valence-corrected chi connectivity index (χ3v) is 6.30. The molecule has 0 saturated carbocycles. The van der Waals surface area contributed by atoms with Crippen LogP contribution in [0.5, 0.6) is 0 Å². The fourth-order valence-electron chi connectivity index (χ4n) is 2.74. The summed E-state index contributed by atoms with van der Waals surface area (Å²) in [6.07, 6.45) is 13.8. The Labute approximate surface area is 183 Å². The van der Waals surface area contributed by atoms with Crippen LogP contribution in [0.4, 0.5) is 0 Å². The van der Waals surface area contributed by atoms with Gasteiger partial charge in [0.15, 0.2) is 0 Å². The molecule has 1 N–H and O–H groups in total. The second-order valence-electron chi connectivity index (χ2n) is 7.61. The molecule has 0 spiro atoms. The van der Waals surface area contributed by atoms with Gasteiger partial charge in [0.25, 0.3) is 0 Å². The van der Waals surface area contributed by atoms with Crippen molar-refractivity contribution >= 4 is 7.82 Å². The molecule has 2 unspecified atom stereocenters. The van der Waals surface area contributed by atoms with Crippen LogP contribution in [-0.4, -0.2) is 18.1 Å². The first-order valence-corrected chi connectivity index (χ1v) is 13.7. The van der Waals surface area contributed by atoms with Crippen LogP contribution in [-0.2, 0) is 29.1 Å². The molecule has 0 radical (unpaired) electrons. The topological polar surface area (TPSA) is 55.8 Å². The van der Waals surface area contributed by atoms with Gasteiger partial charge in [0.1, 0.15) is 0 Å². The molecule has 0 fully saturated rings. The number of hydrogen-bond acceptors (Lipinski definition) is 3. The van der Waals surface area contributed by atoms with E-state index in [9.17, 15) is 9.46 Å². The summed E-state index contributed by atoms with van der Waals surface area (Å²) in [5.41, 5.74) is 0. The first kappa shape index (κ1) is 30.8. The quantitative estimate of drug-likeness (QED) is 0.126. The minimum atomic E-state index is -3.89. The number of rotatable bonds is 18. The zero-order valence-electron chi connectivity index (χ0n) is 19.2. The van der Waals surface area contributed by atoms with Crippen molar-refractivity contribution < 1.29 is 34.0 Å². The molecule has 0 aromatic heterocycles. The second kappa shape index (κ2) is 22.3. The first-order chi connectivity index (χ1) is 13.4. The number of phosphoric acid groups is 1. The van der Waals surface area contributed by atoms with Crippen molar-refractivity contribution in [1.82, 2.24) is 0 Å². The van der Waals surface area contributed by atoms with E-state index in [1.807, 2.05) is 0 Å². The van der Waals surface area contributed by atoms with Crippen molar-refractivity contribution in [3.63, 3.8) is 0 Å². The molecule has 0 aromatic carbocycles. The van der Waals surface area contributed by atoms with Gasteiger partial charge in [-0.3, -0.25) is 9.05 Å². The normalized spacial score (nSPS) is 15.4. The third-order valence-electron chi connectivity index (χ3n) is 5.00. The van der Waals surface area contributed by atoms with E-state index in [-0.39, 0.29) is 0 Å². The zero-order chi connectivity index (χ0) is 21.7. The van der Waals surface area contributed by atoms with Crippen molar-refractivity contribution in [2.75, 3.05) is 13.2 Å². The predicted molar refractivity (Wildman–Crippen MR) is 117 cm³/mol. The maximum absolute atomic E-state index is 11.9. The molecule has 6 heteroatoms. The van der Waals surface area contributed by atoms with E-state index in [4.69, 9.17) is 9.05 Å². The Balaban J connectivity index is 0. The van der Waals surface area contributed by atoms with Gasteiger partial charge in [-0.25, -0.2) is 4.57 Å². The molecule has 0 amide bonds. The summed E-state index contributed by atoms with van der Waals surface area (Å²) in [6.45, 7) is 11.3. The molecular formula is C22H48NiO4P. The predicted octanol–water partition coefficient (Wildman–Crippen LogP) is 8.08. The van der Waals surface area contributed by atoms with Crippen molar-refractivity contribution in [3.8, 4) is 0 Å². The van der Waals surface area contributed by atoms with Crippen molar-refractivity contribution in [2.45, 2.75) is 117 Å². The van der Waals surface area contributed by atoms with Crippen molar-refractivity contribution in [3.05, 3.63) is 0 Å². The molecule has 0 aliphatic carbocycles. The van der Waals surface area contributed by atoms with E-state index in [0.717, 1.165) is 56.8 Å². The summed E-state index contributed by atoms with van der Waals surface area (Å²) in [4.78, 5) is 9.77. The van der Waals surface area contributed by atoms with Gasteiger partial charge in [-0.05, 0) is 24.7 Å². The monoisotopic (exact) mass is 465 g/mol. The summed E-state index contributed by atoms with van der Waals surface area (Å²) < 4.78 is 22.2. The molecule has 0 bridgehead atoms. The second-order valence-corrected chi connectivity index (χ2v) is 9.56. The van der Waals surface area contributed by atoms with Crippen LogP contribution in [0.2, 0.25) is 5.39 Å². The van der Waals surface area contributed by atoms with Gasteiger partial charge in [-0.1, -0.05) is 66.2 Å². The van der Waals surface area contributed by atoms with Crippen LogP contribution in [0.1, 0.15) is 112 Å². The maximum atomic E-state index is 11.9. The Hall–Kier alpha value is 0.604. The zero-order valence-corrected chi connectivity index (χ0v) is 21.1. The van der Waals surface area contributed by atoms with Gasteiger partial charge in [0, 0.05) is 0 Å². The molecule has 0 heterocycles. The van der Waals surface area contributed by atoms with Crippen LogP contribution >= 0.6 is 7.82 Å². The van der Waals surface area contributed by atoms with Crippen LogP contribution in [0.3, 0.4) is 0 Å². The molecular weight excluding hydrogens is 418 g/mol. The first-order valence-electron chi connectivity index (χ1n) is 11.5. The standard InChI is InChI=1S/C16H35O4P.C6H13.Ni/c1-5-9-11-15(7-3)13-19-21(17,18)20-14-16(8-4)12-10-6-2;1-3-5-6-4-2;/h15-16H,5-14H2,1-4H3,(H,17,18);1,3-6H2,2H3;. The molecule has 0 aromatic rings. The summed E-state index contributed by atoms with van der Waals surface area (Å²) in [7, 11) is -3.89. The summed E-state index contributed by atoms with van der Waals surface area (Å²) in [6, 6.07) is 0. The van der Waals surface area contributed by atoms with Crippen LogP contribution in [0, 0.1) is 11.8 Å². The Kier molecular flexibility index (Phi) is 24.5. The van der Waals surface area contributed by atoms with E-state index >= 15 is 0 Å². The Morgan fingerprint density at radius 2 is 1.18 bits per heavy atom. The van der Waals surface area contributed by atoms with Gasteiger partial charge in [0.2, 0.25) is 0 Å². The fourth-order valence-corrected chi connectivity index (χ4v) is 3.86. The van der Waals surface area contributed by atoms with Gasteiger partial charge in [0.05, 0.1) is 13.2 Å². The fraction of sp³-hybridized carbons (Fsp3) is 1.00. The molecule has 4 nitrogen and oxygen atoms in total. The van der Waals surface area contributed by atoms with Gasteiger partial charge >= 0.3 is 61.3 Å². The molecule has 175 valence electrons. The molecule has 0 rings (SSSR count). The van der Waals surface area contributed by atoms with E-state index in [0.29, 0.717) is 25.0 Å². The van der Waals surface area contributed by atoms with Gasteiger partial charge in [-0.2, -0.15) is 0 Å². The summed E-state index contributed by atoms with van der Waals surface area (Å²) >= 11 is 4.51. The van der Waals surface area contributed by atoms with Gasteiger partial charge in [-0.15, -0.1) is 0 Å². The van der Waals surface area contributed by atoms with Crippen LogP contribution in [0.15, 0.2) is 0 Å². The van der Waals surface area contributed by atoms with Crippen molar-refractivity contribution in [1.29, 1.82) is 0 Å². The molecule has 0 aliphatic rings. The Morgan fingerprint density at radius 1 is 0.750 bits per heavy atom. The number of unbranched alkanes of at least 4 members (excludes halogenated alkanes) is 5. The Bertz CT molecular complexity index is 327. The summed E-state index contributed by atoms with van der Waals surface area (Å²) in [5, 5.41) is 0.986. The van der Waals surface area contributed by atoms with Crippen molar-refractivity contribution in [2.24, 2.45) is 11.8 Å². The third kappa shape index (κ3) is 21.3. The van der Waals surface area contributed by atoms with Crippen LogP contribution < -0.4 is 0 Å². The minimum absolute atomic E-state index is 0.316. The Morgan fingerprint density at radius 3 is 1.50 bits per heavy atom. The van der Waals surface area contributed by atoms with Gasteiger partial charge < -0.3 is 4.89 Å². The molecule has 0 aliphatic heterocycles. The number of phosphoric ester groups is 1.